The van der Waals surface area contributed by atoms with Crippen LogP contribution in [-0.4, -0.2) is 5.91 Å². The van der Waals surface area contributed by atoms with Gasteiger partial charge in [0, 0.05) is 31.5 Å². The Morgan fingerprint density at radius 3 is 2.59 bits per heavy atom. The first-order valence-corrected chi connectivity index (χ1v) is 11.5. The second kappa shape index (κ2) is 8.55. The summed E-state index contributed by atoms with van der Waals surface area (Å²) in [5.74, 6) is 1.09. The summed E-state index contributed by atoms with van der Waals surface area (Å²) in [7, 11) is 0. The molecule has 1 aliphatic rings. The van der Waals surface area contributed by atoms with Crippen molar-refractivity contribution < 1.29 is 9.21 Å². The molecule has 0 spiro atoms. The van der Waals surface area contributed by atoms with Crippen molar-refractivity contribution in [1.29, 1.82) is 0 Å². The van der Waals surface area contributed by atoms with Crippen LogP contribution in [0, 0.1) is 6.92 Å². The molecule has 158 valence electrons. The van der Waals surface area contributed by atoms with E-state index in [4.69, 9.17) is 27.6 Å². The number of fused-ring (bicyclic) bond motifs is 2. The molecule has 1 aromatic heterocycles. The number of rotatable bonds is 3. The maximum atomic E-state index is 13.3. The molecule has 5 rings (SSSR count). The number of nitrogens with zero attached hydrogens (tertiary/aromatic N) is 1. The minimum absolute atomic E-state index is 0.183. The standard InChI is InChI=1S/C26H17Cl2NO2S/c1-16-6-7-17(14-20(16)28)23-11-9-19(31-23)10-13-26(30)29-21-4-2-3-5-24(21)32-25-12-8-18(27)15-22(25)29/h2-15H,1H3/b13-10+. The van der Waals surface area contributed by atoms with Crippen molar-refractivity contribution in [1.82, 2.24) is 0 Å². The van der Waals surface area contributed by atoms with E-state index in [1.807, 2.05) is 79.7 Å². The maximum absolute atomic E-state index is 13.3. The lowest BCUT2D eigenvalue weighted by atomic mass is 10.1. The fourth-order valence-corrected chi connectivity index (χ4v) is 4.92. The van der Waals surface area contributed by atoms with Crippen molar-refractivity contribution in [3.05, 3.63) is 100 Å². The highest BCUT2D eigenvalue weighted by Gasteiger charge is 2.27. The molecule has 0 radical (unpaired) electrons. The fourth-order valence-electron chi connectivity index (χ4n) is 3.54. The van der Waals surface area contributed by atoms with Crippen LogP contribution in [0.4, 0.5) is 11.4 Å². The van der Waals surface area contributed by atoms with Gasteiger partial charge >= 0.3 is 0 Å². The van der Waals surface area contributed by atoms with Gasteiger partial charge in [-0.1, -0.05) is 59.2 Å². The number of furan rings is 1. The second-order valence-corrected chi connectivity index (χ2v) is 9.28. The molecule has 0 N–H and O–H groups in total. The van der Waals surface area contributed by atoms with Crippen LogP contribution in [0.25, 0.3) is 17.4 Å². The molecule has 0 saturated heterocycles. The van der Waals surface area contributed by atoms with Crippen LogP contribution in [0.5, 0.6) is 0 Å². The molecule has 0 fully saturated rings. The van der Waals surface area contributed by atoms with E-state index in [9.17, 15) is 4.79 Å². The third-order valence-electron chi connectivity index (χ3n) is 5.18. The Balaban J connectivity index is 1.45. The summed E-state index contributed by atoms with van der Waals surface area (Å²) in [5.41, 5.74) is 3.49. The summed E-state index contributed by atoms with van der Waals surface area (Å²) in [6, 6.07) is 22.9. The van der Waals surface area contributed by atoms with Crippen LogP contribution >= 0.6 is 35.0 Å². The van der Waals surface area contributed by atoms with E-state index in [0.29, 0.717) is 21.6 Å². The summed E-state index contributed by atoms with van der Waals surface area (Å²) >= 11 is 14.1. The first-order valence-electron chi connectivity index (χ1n) is 9.94. The van der Waals surface area contributed by atoms with E-state index in [1.54, 1.807) is 22.7 Å². The maximum Gasteiger partial charge on any atom is 0.255 e. The van der Waals surface area contributed by atoms with E-state index in [1.165, 1.54) is 6.08 Å². The first kappa shape index (κ1) is 21.0. The smallest absolute Gasteiger partial charge is 0.255 e. The number of carbonyl (C=O) groups is 1. The van der Waals surface area contributed by atoms with E-state index >= 15 is 0 Å². The second-order valence-electron chi connectivity index (χ2n) is 7.35. The zero-order valence-corrected chi connectivity index (χ0v) is 19.3. The molecular formula is C26H17Cl2NO2S. The Bertz CT molecular complexity index is 1380. The zero-order chi connectivity index (χ0) is 22.2. The van der Waals surface area contributed by atoms with Gasteiger partial charge in [0.15, 0.2) is 0 Å². The Labute approximate surface area is 200 Å². The molecule has 3 nitrogen and oxygen atoms in total. The molecule has 0 bridgehead atoms. The van der Waals surface area contributed by atoms with Gasteiger partial charge < -0.3 is 4.42 Å². The highest BCUT2D eigenvalue weighted by Crippen LogP contribution is 2.48. The molecule has 6 heteroatoms. The molecule has 0 unspecified atom stereocenters. The van der Waals surface area contributed by atoms with Crippen LogP contribution in [-0.2, 0) is 4.79 Å². The molecule has 4 aromatic rings. The minimum Gasteiger partial charge on any atom is -0.457 e. The van der Waals surface area contributed by atoms with Crippen molar-refractivity contribution in [2.24, 2.45) is 0 Å². The van der Waals surface area contributed by atoms with Crippen LogP contribution < -0.4 is 4.90 Å². The van der Waals surface area contributed by atoms with E-state index in [2.05, 4.69) is 0 Å². The number of anilines is 2. The predicted molar refractivity (Wildman–Crippen MR) is 132 cm³/mol. The minimum atomic E-state index is -0.183. The van der Waals surface area contributed by atoms with Gasteiger partial charge in [0.2, 0.25) is 0 Å². The summed E-state index contributed by atoms with van der Waals surface area (Å²) in [6.45, 7) is 1.95. The molecule has 0 aliphatic carbocycles. The van der Waals surface area contributed by atoms with Crippen LogP contribution in [0.2, 0.25) is 10.0 Å². The summed E-state index contributed by atoms with van der Waals surface area (Å²) in [6.07, 6.45) is 3.19. The molecular weight excluding hydrogens is 461 g/mol. The zero-order valence-electron chi connectivity index (χ0n) is 17.0. The van der Waals surface area contributed by atoms with Gasteiger partial charge in [-0.2, -0.15) is 0 Å². The topological polar surface area (TPSA) is 33.5 Å². The van der Waals surface area contributed by atoms with Crippen molar-refractivity contribution >= 4 is 58.3 Å². The van der Waals surface area contributed by atoms with Gasteiger partial charge in [-0.05, 0) is 67.1 Å². The lowest BCUT2D eigenvalue weighted by molar-refractivity contribution is -0.113. The summed E-state index contributed by atoms with van der Waals surface area (Å²) < 4.78 is 5.92. The van der Waals surface area contributed by atoms with Crippen molar-refractivity contribution in [3.63, 3.8) is 0 Å². The van der Waals surface area contributed by atoms with Crippen LogP contribution in [0.3, 0.4) is 0 Å². The van der Waals surface area contributed by atoms with E-state index < -0.39 is 0 Å². The van der Waals surface area contributed by atoms with E-state index in [0.717, 1.165) is 32.3 Å². The average Bonchev–Trinajstić information content (AvgIpc) is 3.27. The Morgan fingerprint density at radius 2 is 1.75 bits per heavy atom. The molecule has 0 atom stereocenters. The SMILES string of the molecule is Cc1ccc(-c2ccc(/C=C/C(=O)N3c4ccccc4Sc4ccc(Cl)cc43)o2)cc1Cl. The monoisotopic (exact) mass is 477 g/mol. The Morgan fingerprint density at radius 1 is 0.938 bits per heavy atom. The number of aryl methyl sites for hydroxylation is 1. The normalized spacial score (nSPS) is 12.7. The van der Waals surface area contributed by atoms with Gasteiger partial charge in [-0.25, -0.2) is 0 Å². The fraction of sp³-hybridized carbons (Fsp3) is 0.0385. The number of benzene rings is 3. The molecule has 0 saturated carbocycles. The van der Waals surface area contributed by atoms with Gasteiger partial charge in [-0.15, -0.1) is 0 Å². The molecule has 1 aliphatic heterocycles. The number of hydrogen-bond donors (Lipinski definition) is 0. The van der Waals surface area contributed by atoms with Crippen LogP contribution in [0.1, 0.15) is 11.3 Å². The lowest BCUT2D eigenvalue weighted by Crippen LogP contribution is -2.26. The highest BCUT2D eigenvalue weighted by molar-refractivity contribution is 7.99. The third-order valence-corrected chi connectivity index (χ3v) is 6.95. The van der Waals surface area contributed by atoms with Gasteiger partial charge in [-0.3, -0.25) is 9.69 Å². The van der Waals surface area contributed by atoms with Crippen LogP contribution in [0.15, 0.2) is 93.1 Å². The number of carbonyl (C=O) groups excluding carboxylic acids is 1. The number of hydrogen-bond acceptors (Lipinski definition) is 3. The third kappa shape index (κ3) is 3.97. The first-order chi connectivity index (χ1) is 15.5. The highest BCUT2D eigenvalue weighted by atomic mass is 35.5. The average molecular weight is 478 g/mol. The van der Waals surface area contributed by atoms with Crippen molar-refractivity contribution in [2.45, 2.75) is 16.7 Å². The number of halogens is 2. The summed E-state index contributed by atoms with van der Waals surface area (Å²) in [5, 5.41) is 1.27. The number of para-hydroxylation sites is 1. The largest absolute Gasteiger partial charge is 0.457 e. The Kier molecular flexibility index (Phi) is 5.60. The van der Waals surface area contributed by atoms with Crippen molar-refractivity contribution in [3.8, 4) is 11.3 Å². The quantitative estimate of drug-likeness (QED) is 0.277. The predicted octanol–water partition coefficient (Wildman–Crippen LogP) is 8.40. The molecule has 32 heavy (non-hydrogen) atoms. The number of amides is 1. The Hall–Kier alpha value is -2.92. The van der Waals surface area contributed by atoms with Gasteiger partial charge in [0.25, 0.3) is 5.91 Å². The molecule has 2 heterocycles. The van der Waals surface area contributed by atoms with Crippen molar-refractivity contribution in [2.75, 3.05) is 4.90 Å². The lowest BCUT2D eigenvalue weighted by Gasteiger charge is -2.30. The van der Waals surface area contributed by atoms with Gasteiger partial charge in [0.05, 0.1) is 11.4 Å². The molecule has 3 aromatic carbocycles. The summed E-state index contributed by atoms with van der Waals surface area (Å²) in [4.78, 5) is 17.0. The van der Waals surface area contributed by atoms with Gasteiger partial charge in [0.1, 0.15) is 11.5 Å². The van der Waals surface area contributed by atoms with E-state index in [-0.39, 0.29) is 5.91 Å². The molecule has 1 amide bonds.